The van der Waals surface area contributed by atoms with E-state index >= 15 is 0 Å². The van der Waals surface area contributed by atoms with Crippen molar-refractivity contribution >= 4 is 5.97 Å². The van der Waals surface area contributed by atoms with Crippen LogP contribution in [0.4, 0.5) is 0 Å². The van der Waals surface area contributed by atoms with Crippen LogP contribution in [0.2, 0.25) is 0 Å². The van der Waals surface area contributed by atoms with E-state index in [0.29, 0.717) is 5.56 Å². The van der Waals surface area contributed by atoms with E-state index in [-0.39, 0.29) is 11.7 Å². The number of nitrogens with zero attached hydrogens (tertiary/aromatic N) is 2. The Morgan fingerprint density at radius 3 is 2.27 bits per heavy atom. The molecule has 1 aromatic carbocycles. The smallest absolute Gasteiger partial charge is 0.339 e. The van der Waals surface area contributed by atoms with Crippen molar-refractivity contribution in [3.63, 3.8) is 0 Å². The van der Waals surface area contributed by atoms with Gasteiger partial charge in [-0.25, -0.2) is 4.79 Å². The summed E-state index contributed by atoms with van der Waals surface area (Å²) in [7, 11) is 2.15. The zero-order valence-corrected chi connectivity index (χ0v) is 13.5. The van der Waals surface area contributed by atoms with Crippen molar-refractivity contribution in [1.82, 2.24) is 9.80 Å². The highest BCUT2D eigenvalue weighted by Crippen LogP contribution is 2.36. The van der Waals surface area contributed by atoms with Crippen LogP contribution in [0.3, 0.4) is 0 Å². The molecule has 1 saturated carbocycles. The minimum Gasteiger partial charge on any atom is -0.440 e. The molecule has 3 rings (SSSR count). The molecule has 4 heteroatoms. The van der Waals surface area contributed by atoms with Gasteiger partial charge in [0.05, 0.1) is 5.56 Å². The van der Waals surface area contributed by atoms with Gasteiger partial charge in [0.2, 0.25) is 0 Å². The first-order chi connectivity index (χ1) is 10.7. The summed E-state index contributed by atoms with van der Waals surface area (Å²) in [6.07, 6.45) is 5.48. The van der Waals surface area contributed by atoms with Crippen molar-refractivity contribution in [2.75, 3.05) is 33.2 Å². The van der Waals surface area contributed by atoms with Gasteiger partial charge >= 0.3 is 5.97 Å². The number of likely N-dealkylation sites (N-methyl/N-ethyl adjacent to an activating group) is 1. The topological polar surface area (TPSA) is 32.8 Å². The number of carbonyl (C=O) groups is 1. The van der Waals surface area contributed by atoms with Crippen molar-refractivity contribution in [2.24, 2.45) is 0 Å². The number of esters is 1. The van der Waals surface area contributed by atoms with Gasteiger partial charge in [0.15, 0.2) is 5.72 Å². The quantitative estimate of drug-likeness (QED) is 0.804. The van der Waals surface area contributed by atoms with Gasteiger partial charge in [0.1, 0.15) is 0 Å². The van der Waals surface area contributed by atoms with E-state index in [2.05, 4.69) is 16.8 Å². The third kappa shape index (κ3) is 3.33. The van der Waals surface area contributed by atoms with Crippen LogP contribution in [0.15, 0.2) is 30.3 Å². The summed E-state index contributed by atoms with van der Waals surface area (Å²) < 4.78 is 6.11. The second kappa shape index (κ2) is 6.80. The van der Waals surface area contributed by atoms with E-state index < -0.39 is 0 Å². The number of piperazine rings is 1. The molecular formula is C18H26N2O2. The summed E-state index contributed by atoms with van der Waals surface area (Å²) in [6, 6.07) is 9.37. The van der Waals surface area contributed by atoms with E-state index in [9.17, 15) is 4.79 Å². The number of benzene rings is 1. The van der Waals surface area contributed by atoms with Gasteiger partial charge in [-0.3, -0.25) is 4.90 Å². The summed E-state index contributed by atoms with van der Waals surface area (Å²) in [5, 5.41) is 0. The molecule has 0 aromatic heterocycles. The van der Waals surface area contributed by atoms with Gasteiger partial charge in [-0.1, -0.05) is 24.6 Å². The Kier molecular flexibility index (Phi) is 4.79. The van der Waals surface area contributed by atoms with Gasteiger partial charge in [-0.15, -0.1) is 0 Å². The van der Waals surface area contributed by atoms with E-state index in [1.165, 1.54) is 6.42 Å². The maximum absolute atomic E-state index is 12.6. The molecule has 0 unspecified atom stereocenters. The Hall–Kier alpha value is -1.39. The van der Waals surface area contributed by atoms with Crippen LogP contribution in [0.1, 0.15) is 42.5 Å². The number of hydrogen-bond acceptors (Lipinski definition) is 4. The molecule has 1 heterocycles. The van der Waals surface area contributed by atoms with Crippen molar-refractivity contribution in [2.45, 2.75) is 37.8 Å². The minimum atomic E-state index is -0.383. The van der Waals surface area contributed by atoms with Crippen LogP contribution in [0.5, 0.6) is 0 Å². The van der Waals surface area contributed by atoms with Gasteiger partial charge in [-0.2, -0.15) is 0 Å². The second-order valence-corrected chi connectivity index (χ2v) is 6.55. The molecule has 0 N–H and O–H groups in total. The Morgan fingerprint density at radius 2 is 1.64 bits per heavy atom. The zero-order chi connectivity index (χ0) is 15.4. The van der Waals surface area contributed by atoms with Crippen LogP contribution in [-0.2, 0) is 4.74 Å². The highest BCUT2D eigenvalue weighted by Gasteiger charge is 2.42. The van der Waals surface area contributed by atoms with E-state index in [4.69, 9.17) is 4.74 Å². The van der Waals surface area contributed by atoms with Crippen LogP contribution >= 0.6 is 0 Å². The third-order valence-electron chi connectivity index (χ3n) is 5.01. The van der Waals surface area contributed by atoms with Gasteiger partial charge < -0.3 is 9.64 Å². The number of carbonyl (C=O) groups excluding carboxylic acids is 1. The second-order valence-electron chi connectivity index (χ2n) is 6.55. The average Bonchev–Trinajstić information content (AvgIpc) is 2.57. The third-order valence-corrected chi connectivity index (χ3v) is 5.01. The van der Waals surface area contributed by atoms with Crippen LogP contribution in [-0.4, -0.2) is 54.7 Å². The van der Waals surface area contributed by atoms with Crippen LogP contribution in [0.25, 0.3) is 0 Å². The van der Waals surface area contributed by atoms with Gasteiger partial charge in [0.25, 0.3) is 0 Å². The normalized spacial score (nSPS) is 23.1. The molecule has 1 aliphatic heterocycles. The minimum absolute atomic E-state index is 0.179. The lowest BCUT2D eigenvalue weighted by Crippen LogP contribution is -2.59. The average molecular weight is 302 g/mol. The number of hydrogen-bond donors (Lipinski definition) is 0. The fourth-order valence-corrected chi connectivity index (χ4v) is 3.61. The van der Waals surface area contributed by atoms with Crippen molar-refractivity contribution in [1.29, 1.82) is 0 Å². The first-order valence-electron chi connectivity index (χ1n) is 8.42. The van der Waals surface area contributed by atoms with Crippen molar-refractivity contribution in [3.8, 4) is 0 Å². The molecule has 0 amide bonds. The Morgan fingerprint density at radius 1 is 1.00 bits per heavy atom. The Bertz CT molecular complexity index is 489. The van der Waals surface area contributed by atoms with E-state index in [1.807, 2.05) is 30.3 Å². The summed E-state index contributed by atoms with van der Waals surface area (Å²) in [5.74, 6) is -0.179. The SMILES string of the molecule is CN1CCN(C2(OC(=O)c3ccccc3)CCCCC2)CC1. The zero-order valence-electron chi connectivity index (χ0n) is 13.5. The van der Waals surface area contributed by atoms with Crippen LogP contribution in [0, 0.1) is 0 Å². The van der Waals surface area contributed by atoms with Crippen molar-refractivity contribution < 1.29 is 9.53 Å². The molecule has 0 atom stereocenters. The molecule has 1 aliphatic carbocycles. The number of rotatable bonds is 3. The molecule has 120 valence electrons. The number of ether oxygens (including phenoxy) is 1. The fourth-order valence-electron chi connectivity index (χ4n) is 3.61. The van der Waals surface area contributed by atoms with E-state index in [1.54, 1.807) is 0 Å². The monoisotopic (exact) mass is 302 g/mol. The predicted octanol–water partition coefficient (Wildman–Crippen LogP) is 2.75. The molecule has 0 radical (unpaired) electrons. The van der Waals surface area contributed by atoms with Gasteiger partial charge in [0, 0.05) is 39.0 Å². The first kappa shape index (κ1) is 15.5. The molecule has 1 saturated heterocycles. The summed E-state index contributed by atoms with van der Waals surface area (Å²) >= 11 is 0. The summed E-state index contributed by atoms with van der Waals surface area (Å²) in [5.41, 5.74) is 0.272. The van der Waals surface area contributed by atoms with Crippen molar-refractivity contribution in [3.05, 3.63) is 35.9 Å². The standard InChI is InChI=1S/C18H26N2O2/c1-19-12-14-20(15-13-19)18(10-6-3-7-11-18)22-17(21)16-8-4-2-5-9-16/h2,4-5,8-9H,3,6-7,10-15H2,1H3. The summed E-state index contributed by atoms with van der Waals surface area (Å²) in [6.45, 7) is 4.06. The lowest BCUT2D eigenvalue weighted by Gasteiger charge is -2.48. The Labute approximate surface area is 133 Å². The largest absolute Gasteiger partial charge is 0.440 e. The molecule has 22 heavy (non-hydrogen) atoms. The molecule has 4 nitrogen and oxygen atoms in total. The van der Waals surface area contributed by atoms with Gasteiger partial charge in [-0.05, 0) is 32.0 Å². The molecule has 1 aromatic rings. The maximum Gasteiger partial charge on any atom is 0.339 e. The Balaban J connectivity index is 1.76. The lowest BCUT2D eigenvalue weighted by atomic mass is 9.89. The molecule has 2 fully saturated rings. The molecule has 2 aliphatic rings. The fraction of sp³-hybridized carbons (Fsp3) is 0.611. The molecule has 0 spiro atoms. The highest BCUT2D eigenvalue weighted by atomic mass is 16.6. The first-order valence-corrected chi connectivity index (χ1v) is 8.42. The van der Waals surface area contributed by atoms with E-state index in [0.717, 1.165) is 51.9 Å². The maximum atomic E-state index is 12.6. The molecular weight excluding hydrogens is 276 g/mol. The molecule has 0 bridgehead atoms. The summed E-state index contributed by atoms with van der Waals surface area (Å²) in [4.78, 5) is 17.3. The lowest BCUT2D eigenvalue weighted by molar-refractivity contribution is -0.149. The highest BCUT2D eigenvalue weighted by molar-refractivity contribution is 5.89. The predicted molar refractivity (Wildman–Crippen MR) is 86.7 cm³/mol. The van der Waals surface area contributed by atoms with Crippen LogP contribution < -0.4 is 0 Å².